The average Bonchev–Trinajstić information content (AvgIpc) is 3.44. The zero-order valence-electron chi connectivity index (χ0n) is 17.3. The van der Waals surface area contributed by atoms with Crippen molar-refractivity contribution in [1.29, 1.82) is 0 Å². The van der Waals surface area contributed by atoms with Gasteiger partial charge in [0.05, 0.1) is 26.7 Å². The van der Waals surface area contributed by atoms with E-state index in [0.29, 0.717) is 23.9 Å². The van der Waals surface area contributed by atoms with Crippen molar-refractivity contribution in [3.05, 3.63) is 54.4 Å². The van der Waals surface area contributed by atoms with Crippen LogP contribution in [0.3, 0.4) is 0 Å². The lowest BCUT2D eigenvalue weighted by Gasteiger charge is -2.17. The summed E-state index contributed by atoms with van der Waals surface area (Å²) < 4.78 is 10.3. The number of amides is 2. The standard InChI is InChI=1S/C22H23N5O4/c1-30-17-7-3-14(4-8-17)21-24-19(25-26-21)12-23-22(29)15-11-20(28)27(13-15)16-5-9-18(31-2)10-6-16/h3-10,15H,11-13H2,1-2H3,(H,23,29)(H,24,25,26). The highest BCUT2D eigenvalue weighted by Crippen LogP contribution is 2.27. The van der Waals surface area contributed by atoms with Gasteiger partial charge < -0.3 is 19.7 Å². The summed E-state index contributed by atoms with van der Waals surface area (Å²) >= 11 is 0. The Morgan fingerprint density at radius 1 is 1.10 bits per heavy atom. The van der Waals surface area contributed by atoms with Gasteiger partial charge in [0, 0.05) is 24.2 Å². The molecule has 160 valence electrons. The molecule has 1 unspecified atom stereocenters. The molecule has 2 N–H and O–H groups in total. The first-order valence-corrected chi connectivity index (χ1v) is 9.85. The van der Waals surface area contributed by atoms with Crippen LogP contribution in [0.2, 0.25) is 0 Å². The van der Waals surface area contributed by atoms with Crippen molar-refractivity contribution in [2.75, 3.05) is 25.7 Å². The molecular weight excluding hydrogens is 398 g/mol. The minimum atomic E-state index is -0.418. The number of aromatic nitrogens is 3. The largest absolute Gasteiger partial charge is 0.497 e. The summed E-state index contributed by atoms with van der Waals surface area (Å²) in [5, 5.41) is 9.87. The van der Waals surface area contributed by atoms with E-state index < -0.39 is 5.92 Å². The minimum absolute atomic E-state index is 0.0771. The maximum atomic E-state index is 12.6. The summed E-state index contributed by atoms with van der Waals surface area (Å²) in [6.07, 6.45) is 0.172. The fraction of sp³-hybridized carbons (Fsp3) is 0.273. The lowest BCUT2D eigenvalue weighted by molar-refractivity contribution is -0.126. The van der Waals surface area contributed by atoms with Crippen LogP contribution in [0.5, 0.6) is 11.5 Å². The summed E-state index contributed by atoms with van der Waals surface area (Å²) in [5.41, 5.74) is 1.59. The zero-order valence-corrected chi connectivity index (χ0v) is 17.3. The molecule has 2 aromatic carbocycles. The van der Waals surface area contributed by atoms with Crippen molar-refractivity contribution in [3.63, 3.8) is 0 Å². The third kappa shape index (κ3) is 4.50. The van der Waals surface area contributed by atoms with Gasteiger partial charge in [-0.1, -0.05) is 0 Å². The smallest absolute Gasteiger partial charge is 0.227 e. The van der Waals surface area contributed by atoms with Gasteiger partial charge in [-0.3, -0.25) is 14.7 Å². The molecule has 1 aromatic heterocycles. The monoisotopic (exact) mass is 421 g/mol. The van der Waals surface area contributed by atoms with Crippen molar-refractivity contribution in [2.45, 2.75) is 13.0 Å². The van der Waals surface area contributed by atoms with Crippen LogP contribution in [-0.4, -0.2) is 47.8 Å². The molecule has 9 nitrogen and oxygen atoms in total. The number of methoxy groups -OCH3 is 2. The fourth-order valence-electron chi connectivity index (χ4n) is 3.45. The first-order chi connectivity index (χ1) is 15.1. The van der Waals surface area contributed by atoms with Gasteiger partial charge in [-0.2, -0.15) is 5.10 Å². The molecule has 9 heteroatoms. The Bertz CT molecular complexity index is 1060. The number of carbonyl (C=O) groups is 2. The van der Waals surface area contributed by atoms with Crippen LogP contribution in [0.25, 0.3) is 11.4 Å². The summed E-state index contributed by atoms with van der Waals surface area (Å²) in [6, 6.07) is 14.6. The molecule has 0 saturated carbocycles. The molecule has 0 aliphatic carbocycles. The molecule has 1 atom stereocenters. The highest BCUT2D eigenvalue weighted by atomic mass is 16.5. The van der Waals surface area contributed by atoms with Crippen molar-refractivity contribution >= 4 is 17.5 Å². The van der Waals surface area contributed by atoms with Gasteiger partial charge in [-0.25, -0.2) is 4.98 Å². The number of hydrogen-bond acceptors (Lipinski definition) is 6. The highest BCUT2D eigenvalue weighted by molar-refractivity contribution is 6.00. The molecule has 0 spiro atoms. The zero-order chi connectivity index (χ0) is 21.8. The third-order valence-corrected chi connectivity index (χ3v) is 5.19. The maximum Gasteiger partial charge on any atom is 0.227 e. The van der Waals surface area contributed by atoms with E-state index >= 15 is 0 Å². The first-order valence-electron chi connectivity index (χ1n) is 9.85. The second kappa shape index (κ2) is 8.86. The minimum Gasteiger partial charge on any atom is -0.497 e. The summed E-state index contributed by atoms with van der Waals surface area (Å²) in [5.74, 6) is 1.86. The predicted octanol–water partition coefficient (Wildman–Crippen LogP) is 2.16. The Kier molecular flexibility index (Phi) is 5.83. The summed E-state index contributed by atoms with van der Waals surface area (Å²) in [6.45, 7) is 0.541. The Morgan fingerprint density at radius 3 is 2.39 bits per heavy atom. The van der Waals surface area contributed by atoms with Gasteiger partial charge in [0.25, 0.3) is 0 Å². The number of anilines is 1. The molecular formula is C22H23N5O4. The van der Waals surface area contributed by atoms with Gasteiger partial charge in [-0.15, -0.1) is 0 Å². The van der Waals surface area contributed by atoms with E-state index in [-0.39, 0.29) is 24.8 Å². The lowest BCUT2D eigenvalue weighted by atomic mass is 10.1. The molecule has 0 bridgehead atoms. The van der Waals surface area contributed by atoms with Gasteiger partial charge in [0.2, 0.25) is 11.8 Å². The van der Waals surface area contributed by atoms with E-state index in [2.05, 4.69) is 20.5 Å². The van der Waals surface area contributed by atoms with Gasteiger partial charge in [-0.05, 0) is 48.5 Å². The molecule has 1 fully saturated rings. The Morgan fingerprint density at radius 2 is 1.74 bits per heavy atom. The summed E-state index contributed by atoms with van der Waals surface area (Å²) in [7, 11) is 3.20. The second-order valence-corrected chi connectivity index (χ2v) is 7.16. The topological polar surface area (TPSA) is 109 Å². The van der Waals surface area contributed by atoms with Gasteiger partial charge in [0.15, 0.2) is 5.82 Å². The summed E-state index contributed by atoms with van der Waals surface area (Å²) in [4.78, 5) is 31.0. The van der Waals surface area contributed by atoms with Crippen LogP contribution in [-0.2, 0) is 16.1 Å². The van der Waals surface area contributed by atoms with E-state index in [9.17, 15) is 9.59 Å². The number of nitrogens with zero attached hydrogens (tertiary/aromatic N) is 3. The lowest BCUT2D eigenvalue weighted by Crippen LogP contribution is -2.32. The number of aromatic amines is 1. The van der Waals surface area contributed by atoms with Gasteiger partial charge >= 0.3 is 0 Å². The molecule has 3 aromatic rings. The molecule has 31 heavy (non-hydrogen) atoms. The van der Waals surface area contributed by atoms with E-state index in [1.807, 2.05) is 36.4 Å². The highest BCUT2D eigenvalue weighted by Gasteiger charge is 2.35. The Hall–Kier alpha value is -3.88. The number of rotatable bonds is 7. The van der Waals surface area contributed by atoms with Crippen molar-refractivity contribution in [1.82, 2.24) is 20.5 Å². The van der Waals surface area contributed by atoms with Crippen LogP contribution in [0.4, 0.5) is 5.69 Å². The molecule has 1 aliphatic rings. The quantitative estimate of drug-likeness (QED) is 0.605. The first kappa shape index (κ1) is 20.4. The van der Waals surface area contributed by atoms with Crippen LogP contribution in [0.15, 0.2) is 48.5 Å². The Balaban J connectivity index is 1.33. The number of carbonyl (C=O) groups excluding carboxylic acids is 2. The molecule has 2 amide bonds. The number of nitrogens with one attached hydrogen (secondary N) is 2. The normalized spacial score (nSPS) is 15.7. The van der Waals surface area contributed by atoms with Crippen LogP contribution in [0.1, 0.15) is 12.2 Å². The number of ether oxygens (including phenoxy) is 2. The SMILES string of the molecule is COc1ccc(-c2n[nH]c(CNC(=O)C3CC(=O)N(c4ccc(OC)cc4)C3)n2)cc1. The van der Waals surface area contributed by atoms with Gasteiger partial charge in [0.1, 0.15) is 17.3 Å². The van der Waals surface area contributed by atoms with Crippen LogP contribution < -0.4 is 19.7 Å². The average molecular weight is 421 g/mol. The molecule has 0 radical (unpaired) electrons. The number of hydrogen-bond donors (Lipinski definition) is 2. The van der Waals surface area contributed by atoms with Crippen molar-refractivity contribution in [3.8, 4) is 22.9 Å². The van der Waals surface area contributed by atoms with E-state index in [4.69, 9.17) is 9.47 Å². The molecule has 2 heterocycles. The van der Waals surface area contributed by atoms with E-state index in [1.165, 1.54) is 0 Å². The molecule has 1 saturated heterocycles. The van der Waals surface area contributed by atoms with Crippen LogP contribution in [0, 0.1) is 5.92 Å². The van der Waals surface area contributed by atoms with Crippen molar-refractivity contribution < 1.29 is 19.1 Å². The van der Waals surface area contributed by atoms with Crippen LogP contribution >= 0.6 is 0 Å². The molecule has 1 aliphatic heterocycles. The van der Waals surface area contributed by atoms with E-state index in [1.54, 1.807) is 31.3 Å². The third-order valence-electron chi connectivity index (χ3n) is 5.19. The Labute approximate surface area is 179 Å². The van der Waals surface area contributed by atoms with Crippen molar-refractivity contribution in [2.24, 2.45) is 5.92 Å². The maximum absolute atomic E-state index is 12.6. The fourth-order valence-corrected chi connectivity index (χ4v) is 3.45. The predicted molar refractivity (Wildman–Crippen MR) is 114 cm³/mol. The second-order valence-electron chi connectivity index (χ2n) is 7.16. The van der Waals surface area contributed by atoms with E-state index in [0.717, 1.165) is 17.0 Å². The number of benzene rings is 2. The molecule has 4 rings (SSSR count). The number of H-pyrrole nitrogens is 1.